The number of aryl methyl sites for hydroxylation is 1. The van der Waals surface area contributed by atoms with Gasteiger partial charge in [0.15, 0.2) is 5.17 Å². The van der Waals surface area contributed by atoms with E-state index in [2.05, 4.69) is 22.2 Å². The lowest BCUT2D eigenvalue weighted by Gasteiger charge is -2.19. The number of amidine groups is 1. The fraction of sp³-hybridized carbons (Fsp3) is 0.636. The molecule has 2 atom stereocenters. The predicted octanol–water partition coefficient (Wildman–Crippen LogP) is 2.52. The first-order chi connectivity index (χ1) is 7.65. The molecule has 2 heterocycles. The van der Waals surface area contributed by atoms with Crippen LogP contribution >= 0.6 is 11.8 Å². The smallest absolute Gasteiger partial charge is 0.216 e. The van der Waals surface area contributed by atoms with E-state index in [9.17, 15) is 0 Å². The second-order valence-corrected chi connectivity index (χ2v) is 5.18. The minimum absolute atomic E-state index is 0.0743. The molecule has 1 aromatic rings. The fourth-order valence-electron chi connectivity index (χ4n) is 1.53. The molecule has 0 aliphatic carbocycles. The largest absolute Gasteiger partial charge is 0.444 e. The molecule has 0 bridgehead atoms. The molecule has 0 radical (unpaired) electrons. The van der Waals surface area contributed by atoms with Crippen LogP contribution in [0.3, 0.4) is 0 Å². The van der Waals surface area contributed by atoms with Gasteiger partial charge >= 0.3 is 0 Å². The molecule has 0 saturated heterocycles. The van der Waals surface area contributed by atoms with Gasteiger partial charge in [0.1, 0.15) is 11.8 Å². The second kappa shape index (κ2) is 4.91. The van der Waals surface area contributed by atoms with Crippen LogP contribution in [0.15, 0.2) is 15.6 Å². The Hall–Kier alpha value is -0.970. The van der Waals surface area contributed by atoms with Crippen molar-refractivity contribution in [3.05, 3.63) is 17.8 Å². The first-order valence-electron chi connectivity index (χ1n) is 5.54. The summed E-state index contributed by atoms with van der Waals surface area (Å²) >= 11 is 1.77. The molecule has 1 aliphatic heterocycles. The Morgan fingerprint density at radius 1 is 1.62 bits per heavy atom. The second-order valence-electron chi connectivity index (χ2n) is 4.10. The number of aliphatic imine (C=N–C) groups is 1. The number of nitrogens with zero attached hydrogens (tertiary/aromatic N) is 2. The van der Waals surface area contributed by atoms with Crippen LogP contribution in [0.4, 0.5) is 0 Å². The lowest BCUT2D eigenvalue weighted by molar-refractivity contribution is 0.430. The SMILES string of the molecule is Cc1cnc(C(C)NC2=NC(C)CCS2)o1. The maximum Gasteiger partial charge on any atom is 0.216 e. The predicted molar refractivity (Wildman–Crippen MR) is 66.8 cm³/mol. The third-order valence-corrected chi connectivity index (χ3v) is 3.40. The molecule has 5 heteroatoms. The van der Waals surface area contributed by atoms with E-state index < -0.39 is 0 Å². The zero-order valence-corrected chi connectivity index (χ0v) is 10.7. The van der Waals surface area contributed by atoms with Gasteiger partial charge in [-0.15, -0.1) is 0 Å². The van der Waals surface area contributed by atoms with Crippen molar-refractivity contribution in [3.63, 3.8) is 0 Å². The van der Waals surface area contributed by atoms with Gasteiger partial charge in [0.2, 0.25) is 5.89 Å². The molecule has 0 spiro atoms. The number of hydrogen-bond donors (Lipinski definition) is 1. The Morgan fingerprint density at radius 2 is 2.44 bits per heavy atom. The number of rotatable bonds is 2. The first kappa shape index (κ1) is 11.5. The summed E-state index contributed by atoms with van der Waals surface area (Å²) in [5.41, 5.74) is 0. The zero-order chi connectivity index (χ0) is 11.5. The molecular formula is C11H17N3OS. The third kappa shape index (κ3) is 2.78. The number of hydrogen-bond acceptors (Lipinski definition) is 5. The van der Waals surface area contributed by atoms with Gasteiger partial charge in [-0.1, -0.05) is 11.8 Å². The fourth-order valence-corrected chi connectivity index (χ4v) is 2.69. The van der Waals surface area contributed by atoms with Crippen molar-refractivity contribution in [2.45, 2.75) is 39.3 Å². The van der Waals surface area contributed by atoms with Crippen LogP contribution in [0.25, 0.3) is 0 Å². The average Bonchev–Trinajstić information content (AvgIpc) is 2.65. The molecule has 2 rings (SSSR count). The summed E-state index contributed by atoms with van der Waals surface area (Å²) < 4.78 is 5.48. The van der Waals surface area contributed by atoms with Crippen LogP contribution in [0.1, 0.15) is 38.0 Å². The van der Waals surface area contributed by atoms with Gasteiger partial charge in [0.25, 0.3) is 0 Å². The molecule has 0 amide bonds. The van der Waals surface area contributed by atoms with Crippen LogP contribution in [-0.4, -0.2) is 21.9 Å². The van der Waals surface area contributed by atoms with E-state index in [1.54, 1.807) is 18.0 Å². The number of nitrogens with one attached hydrogen (secondary N) is 1. The normalized spacial score (nSPS) is 22.7. The van der Waals surface area contributed by atoms with Gasteiger partial charge < -0.3 is 9.73 Å². The summed E-state index contributed by atoms with van der Waals surface area (Å²) in [7, 11) is 0. The summed E-state index contributed by atoms with van der Waals surface area (Å²) in [6.45, 7) is 6.08. The van der Waals surface area contributed by atoms with Crippen molar-refractivity contribution >= 4 is 16.9 Å². The van der Waals surface area contributed by atoms with Gasteiger partial charge in [-0.2, -0.15) is 0 Å². The number of thioether (sulfide) groups is 1. The molecular weight excluding hydrogens is 222 g/mol. The topological polar surface area (TPSA) is 50.4 Å². The quantitative estimate of drug-likeness (QED) is 0.861. The van der Waals surface area contributed by atoms with E-state index in [0.717, 1.165) is 29.0 Å². The first-order valence-corrected chi connectivity index (χ1v) is 6.53. The maximum atomic E-state index is 5.48. The van der Waals surface area contributed by atoms with Crippen molar-refractivity contribution in [2.75, 3.05) is 5.75 Å². The molecule has 4 nitrogen and oxygen atoms in total. The van der Waals surface area contributed by atoms with Gasteiger partial charge in [-0.25, -0.2) is 4.98 Å². The minimum Gasteiger partial charge on any atom is -0.444 e. The summed E-state index contributed by atoms with van der Waals surface area (Å²) in [4.78, 5) is 8.76. The van der Waals surface area contributed by atoms with Crippen molar-refractivity contribution in [1.82, 2.24) is 10.3 Å². The summed E-state index contributed by atoms with van der Waals surface area (Å²) in [6, 6.07) is 0.493. The molecule has 0 aromatic carbocycles. The van der Waals surface area contributed by atoms with Crippen LogP contribution in [0.2, 0.25) is 0 Å². The average molecular weight is 239 g/mol. The Labute approximate surface area is 99.9 Å². The van der Waals surface area contributed by atoms with Gasteiger partial charge in [0.05, 0.1) is 12.2 Å². The van der Waals surface area contributed by atoms with Crippen molar-refractivity contribution in [1.29, 1.82) is 0 Å². The van der Waals surface area contributed by atoms with Gasteiger partial charge in [-0.3, -0.25) is 4.99 Å². The van der Waals surface area contributed by atoms with Crippen LogP contribution in [-0.2, 0) is 0 Å². The van der Waals surface area contributed by atoms with Crippen molar-refractivity contribution < 1.29 is 4.42 Å². The lowest BCUT2D eigenvalue weighted by atomic mass is 10.3. The van der Waals surface area contributed by atoms with Gasteiger partial charge in [0, 0.05) is 5.75 Å². The summed E-state index contributed by atoms with van der Waals surface area (Å²) in [5, 5.41) is 4.34. The number of aromatic nitrogens is 1. The Kier molecular flexibility index (Phi) is 3.53. The van der Waals surface area contributed by atoms with E-state index in [1.165, 1.54) is 0 Å². The Balaban J connectivity index is 1.99. The van der Waals surface area contributed by atoms with Gasteiger partial charge in [-0.05, 0) is 27.2 Å². The molecule has 1 aromatic heterocycles. The van der Waals surface area contributed by atoms with E-state index in [0.29, 0.717) is 6.04 Å². The summed E-state index contributed by atoms with van der Waals surface area (Å²) in [6.07, 6.45) is 2.90. The highest BCUT2D eigenvalue weighted by Gasteiger charge is 2.16. The highest BCUT2D eigenvalue weighted by atomic mass is 32.2. The van der Waals surface area contributed by atoms with Crippen molar-refractivity contribution in [2.24, 2.45) is 4.99 Å². The molecule has 88 valence electrons. The van der Waals surface area contributed by atoms with E-state index in [1.807, 2.05) is 13.8 Å². The monoisotopic (exact) mass is 239 g/mol. The standard InChI is InChI=1S/C11H17N3OS/c1-7-4-5-16-11(13-7)14-9(3)10-12-6-8(2)15-10/h6-7,9H,4-5H2,1-3H3,(H,13,14). The van der Waals surface area contributed by atoms with Crippen LogP contribution < -0.4 is 5.32 Å². The minimum atomic E-state index is 0.0743. The molecule has 0 saturated carbocycles. The Bertz CT molecular complexity index is 388. The molecule has 0 fully saturated rings. The molecule has 16 heavy (non-hydrogen) atoms. The number of oxazole rings is 1. The lowest BCUT2D eigenvalue weighted by Crippen LogP contribution is -2.28. The van der Waals surface area contributed by atoms with Crippen LogP contribution in [0, 0.1) is 6.92 Å². The summed E-state index contributed by atoms with van der Waals surface area (Å²) in [5.74, 6) is 2.69. The highest BCUT2D eigenvalue weighted by Crippen LogP contribution is 2.19. The van der Waals surface area contributed by atoms with E-state index in [4.69, 9.17) is 4.42 Å². The molecule has 1 aliphatic rings. The highest BCUT2D eigenvalue weighted by molar-refractivity contribution is 8.13. The van der Waals surface area contributed by atoms with E-state index in [-0.39, 0.29) is 6.04 Å². The van der Waals surface area contributed by atoms with Crippen molar-refractivity contribution in [3.8, 4) is 0 Å². The maximum absolute atomic E-state index is 5.48. The molecule has 1 N–H and O–H groups in total. The molecule has 2 unspecified atom stereocenters. The third-order valence-electron chi connectivity index (χ3n) is 2.46. The van der Waals surface area contributed by atoms with Crippen LogP contribution in [0.5, 0.6) is 0 Å². The Morgan fingerprint density at radius 3 is 3.06 bits per heavy atom. The van der Waals surface area contributed by atoms with E-state index >= 15 is 0 Å². The zero-order valence-electron chi connectivity index (χ0n) is 9.86.